The standard InChI is InChI=1S/C16H20N4/c1-2-4-12(3-1)15-18-16(20-19-15)13-6-5-11-7-8-17-10-14(11)9-13/h5-6,9,12,17H,1-4,7-8,10H2,(H,18,19,20). The van der Waals surface area contributed by atoms with E-state index in [4.69, 9.17) is 4.98 Å². The van der Waals surface area contributed by atoms with Crippen LogP contribution in [0.2, 0.25) is 0 Å². The molecule has 4 nitrogen and oxygen atoms in total. The van der Waals surface area contributed by atoms with Gasteiger partial charge in [0.05, 0.1) is 0 Å². The summed E-state index contributed by atoms with van der Waals surface area (Å²) >= 11 is 0. The van der Waals surface area contributed by atoms with Crippen molar-refractivity contribution >= 4 is 0 Å². The fourth-order valence-electron chi connectivity index (χ4n) is 3.40. The van der Waals surface area contributed by atoms with Crippen LogP contribution in [-0.4, -0.2) is 21.7 Å². The third-order valence-corrected chi connectivity index (χ3v) is 4.60. The molecule has 1 aromatic heterocycles. The highest BCUT2D eigenvalue weighted by atomic mass is 15.2. The molecule has 0 saturated heterocycles. The first-order chi connectivity index (χ1) is 9.90. The van der Waals surface area contributed by atoms with Crippen molar-refractivity contribution in [3.63, 3.8) is 0 Å². The van der Waals surface area contributed by atoms with Crippen molar-refractivity contribution < 1.29 is 0 Å². The molecule has 0 atom stereocenters. The molecule has 1 aromatic carbocycles. The highest BCUT2D eigenvalue weighted by molar-refractivity contribution is 5.57. The van der Waals surface area contributed by atoms with E-state index in [1.807, 2.05) is 0 Å². The Hall–Kier alpha value is -1.68. The lowest BCUT2D eigenvalue weighted by Crippen LogP contribution is -2.23. The van der Waals surface area contributed by atoms with Gasteiger partial charge in [-0.1, -0.05) is 25.0 Å². The minimum absolute atomic E-state index is 0.593. The molecule has 4 heteroatoms. The number of hydrogen-bond acceptors (Lipinski definition) is 3. The second kappa shape index (κ2) is 5.02. The number of aromatic nitrogens is 3. The molecule has 1 saturated carbocycles. The minimum atomic E-state index is 0.593. The highest BCUT2D eigenvalue weighted by Crippen LogP contribution is 2.33. The van der Waals surface area contributed by atoms with E-state index in [-0.39, 0.29) is 0 Å². The first-order valence-electron chi connectivity index (χ1n) is 7.65. The van der Waals surface area contributed by atoms with Gasteiger partial charge < -0.3 is 5.32 Å². The van der Waals surface area contributed by atoms with E-state index in [0.29, 0.717) is 5.92 Å². The molecule has 0 unspecified atom stereocenters. The van der Waals surface area contributed by atoms with E-state index in [2.05, 4.69) is 33.7 Å². The van der Waals surface area contributed by atoms with E-state index >= 15 is 0 Å². The van der Waals surface area contributed by atoms with Crippen LogP contribution in [0.5, 0.6) is 0 Å². The zero-order valence-electron chi connectivity index (χ0n) is 11.7. The van der Waals surface area contributed by atoms with Crippen LogP contribution in [0.1, 0.15) is 48.6 Å². The van der Waals surface area contributed by atoms with Crippen molar-refractivity contribution in [1.29, 1.82) is 0 Å². The van der Waals surface area contributed by atoms with Crippen LogP contribution in [0.25, 0.3) is 11.4 Å². The Morgan fingerprint density at radius 1 is 1.10 bits per heavy atom. The van der Waals surface area contributed by atoms with Crippen LogP contribution >= 0.6 is 0 Å². The lowest BCUT2D eigenvalue weighted by atomic mass is 9.98. The summed E-state index contributed by atoms with van der Waals surface area (Å²) in [6.07, 6.45) is 6.28. The van der Waals surface area contributed by atoms with Gasteiger partial charge in [0.2, 0.25) is 0 Å². The maximum Gasteiger partial charge on any atom is 0.181 e. The van der Waals surface area contributed by atoms with Crippen molar-refractivity contribution in [2.45, 2.75) is 44.6 Å². The second-order valence-electron chi connectivity index (χ2n) is 5.94. The molecule has 0 amide bonds. The number of hydrogen-bond donors (Lipinski definition) is 2. The summed E-state index contributed by atoms with van der Waals surface area (Å²) in [6, 6.07) is 6.63. The number of nitrogens with one attached hydrogen (secondary N) is 2. The number of benzene rings is 1. The number of fused-ring (bicyclic) bond motifs is 1. The lowest BCUT2D eigenvalue weighted by Gasteiger charge is -2.17. The molecule has 1 aliphatic carbocycles. The molecule has 2 aliphatic rings. The molecule has 0 radical (unpaired) electrons. The third-order valence-electron chi connectivity index (χ3n) is 4.60. The van der Waals surface area contributed by atoms with Gasteiger partial charge in [0.1, 0.15) is 5.82 Å². The molecule has 0 bridgehead atoms. The molecule has 1 aliphatic heterocycles. The van der Waals surface area contributed by atoms with E-state index < -0.39 is 0 Å². The van der Waals surface area contributed by atoms with Crippen molar-refractivity contribution in [1.82, 2.24) is 20.5 Å². The fraction of sp³-hybridized carbons (Fsp3) is 0.500. The zero-order valence-corrected chi connectivity index (χ0v) is 11.7. The lowest BCUT2D eigenvalue weighted by molar-refractivity contribution is 0.644. The van der Waals surface area contributed by atoms with E-state index in [1.165, 1.54) is 36.8 Å². The number of rotatable bonds is 2. The second-order valence-corrected chi connectivity index (χ2v) is 5.94. The number of nitrogens with zero attached hydrogens (tertiary/aromatic N) is 2. The maximum absolute atomic E-state index is 4.72. The van der Waals surface area contributed by atoms with Crippen LogP contribution < -0.4 is 5.32 Å². The quantitative estimate of drug-likeness (QED) is 0.880. The van der Waals surface area contributed by atoms with Gasteiger partial charge in [-0.15, -0.1) is 0 Å². The van der Waals surface area contributed by atoms with E-state index in [9.17, 15) is 0 Å². The van der Waals surface area contributed by atoms with Crippen LogP contribution in [0.4, 0.5) is 0 Å². The van der Waals surface area contributed by atoms with Crippen molar-refractivity contribution in [2.75, 3.05) is 6.54 Å². The molecular weight excluding hydrogens is 248 g/mol. The monoisotopic (exact) mass is 268 g/mol. The predicted molar refractivity (Wildman–Crippen MR) is 78.4 cm³/mol. The number of H-pyrrole nitrogens is 1. The fourth-order valence-corrected chi connectivity index (χ4v) is 3.40. The van der Waals surface area contributed by atoms with Crippen LogP contribution in [0.15, 0.2) is 18.2 Å². The van der Waals surface area contributed by atoms with Gasteiger partial charge in [0.25, 0.3) is 0 Å². The normalized spacial score (nSPS) is 19.2. The predicted octanol–water partition coefficient (Wildman–Crippen LogP) is 2.78. The maximum atomic E-state index is 4.72. The highest BCUT2D eigenvalue weighted by Gasteiger charge is 2.21. The number of aromatic amines is 1. The Morgan fingerprint density at radius 2 is 2.00 bits per heavy atom. The van der Waals surface area contributed by atoms with Crippen molar-refractivity contribution in [3.8, 4) is 11.4 Å². The molecule has 2 heterocycles. The Labute approximate surface area is 119 Å². The van der Waals surface area contributed by atoms with Crippen molar-refractivity contribution in [2.24, 2.45) is 0 Å². The summed E-state index contributed by atoms with van der Waals surface area (Å²) < 4.78 is 0. The summed E-state index contributed by atoms with van der Waals surface area (Å²) in [5.41, 5.74) is 3.98. The Balaban J connectivity index is 1.63. The third kappa shape index (κ3) is 2.14. The largest absolute Gasteiger partial charge is 0.312 e. The van der Waals surface area contributed by atoms with Crippen LogP contribution in [0, 0.1) is 0 Å². The van der Waals surface area contributed by atoms with Gasteiger partial charge in [-0.05, 0) is 43.0 Å². The molecule has 104 valence electrons. The van der Waals surface area contributed by atoms with E-state index in [0.717, 1.165) is 36.7 Å². The molecule has 0 spiro atoms. The Kier molecular flexibility index (Phi) is 3.03. The first kappa shape index (κ1) is 12.1. The van der Waals surface area contributed by atoms with Gasteiger partial charge >= 0.3 is 0 Å². The van der Waals surface area contributed by atoms with Gasteiger partial charge in [-0.3, -0.25) is 5.10 Å². The van der Waals surface area contributed by atoms with Crippen molar-refractivity contribution in [3.05, 3.63) is 35.2 Å². The van der Waals surface area contributed by atoms with E-state index in [1.54, 1.807) is 0 Å². The average Bonchev–Trinajstić information content (AvgIpc) is 3.17. The summed E-state index contributed by atoms with van der Waals surface area (Å²) in [7, 11) is 0. The Morgan fingerprint density at radius 3 is 2.90 bits per heavy atom. The molecule has 2 aromatic rings. The summed E-state index contributed by atoms with van der Waals surface area (Å²) in [4.78, 5) is 4.72. The summed E-state index contributed by atoms with van der Waals surface area (Å²) in [6.45, 7) is 2.04. The van der Waals surface area contributed by atoms with Gasteiger partial charge in [0.15, 0.2) is 5.82 Å². The van der Waals surface area contributed by atoms with Gasteiger partial charge in [-0.25, -0.2) is 4.98 Å². The Bertz CT molecular complexity index is 611. The molecule has 20 heavy (non-hydrogen) atoms. The van der Waals surface area contributed by atoms with Crippen LogP contribution in [-0.2, 0) is 13.0 Å². The van der Waals surface area contributed by atoms with Gasteiger partial charge in [-0.2, -0.15) is 5.10 Å². The topological polar surface area (TPSA) is 53.6 Å². The summed E-state index contributed by atoms with van der Waals surface area (Å²) in [5, 5.41) is 11.0. The first-order valence-corrected chi connectivity index (χ1v) is 7.65. The summed E-state index contributed by atoms with van der Waals surface area (Å²) in [5.74, 6) is 2.52. The van der Waals surface area contributed by atoms with Gasteiger partial charge in [0, 0.05) is 18.0 Å². The molecule has 1 fully saturated rings. The minimum Gasteiger partial charge on any atom is -0.312 e. The molecular formula is C16H20N4. The van der Waals surface area contributed by atoms with Crippen LogP contribution in [0.3, 0.4) is 0 Å². The molecule has 2 N–H and O–H groups in total. The average molecular weight is 268 g/mol. The molecule has 4 rings (SSSR count). The smallest absolute Gasteiger partial charge is 0.181 e. The SMILES string of the molecule is c1cc2c(cc1-c1n[nH]c(C3CCCC3)n1)CNCC2. The zero-order chi connectivity index (χ0) is 13.4.